The second-order valence-electron chi connectivity index (χ2n) is 7.17. The second kappa shape index (κ2) is 10.5. The van der Waals surface area contributed by atoms with Gasteiger partial charge in [0.05, 0.1) is 23.0 Å². The number of hydrogen-bond acceptors (Lipinski definition) is 5. The number of anilines is 1. The van der Waals surface area contributed by atoms with Gasteiger partial charge < -0.3 is 21.9 Å². The fourth-order valence-electron chi connectivity index (χ4n) is 3.17. The predicted molar refractivity (Wildman–Crippen MR) is 127 cm³/mol. The minimum atomic E-state index is -4.20. The molecule has 10 nitrogen and oxygen atoms in total. The van der Waals surface area contributed by atoms with Gasteiger partial charge in [-0.2, -0.15) is 12.8 Å². The third kappa shape index (κ3) is 5.90. The van der Waals surface area contributed by atoms with Crippen LogP contribution in [0.4, 0.5) is 5.69 Å². The van der Waals surface area contributed by atoms with Crippen molar-refractivity contribution in [2.45, 2.75) is 17.4 Å². The number of hydrogen-bond donors (Lipinski definition) is 4. The number of rotatable bonds is 9. The highest BCUT2D eigenvalue weighted by atomic mass is 32.2. The Kier molecular flexibility index (Phi) is 7.49. The van der Waals surface area contributed by atoms with E-state index in [1.807, 2.05) is 0 Å². The Bertz CT molecular complexity index is 1290. The molecule has 0 bridgehead atoms. The van der Waals surface area contributed by atoms with Gasteiger partial charge in [-0.25, -0.2) is 0 Å². The lowest BCUT2D eigenvalue weighted by Gasteiger charge is -2.22. The Morgan fingerprint density at radius 2 is 1.56 bits per heavy atom. The summed E-state index contributed by atoms with van der Waals surface area (Å²) in [6, 6.07) is 20.9. The zero-order chi connectivity index (χ0) is 24.7. The van der Waals surface area contributed by atoms with Gasteiger partial charge in [-0.1, -0.05) is 48.5 Å². The molecule has 176 valence electrons. The van der Waals surface area contributed by atoms with Crippen LogP contribution in [0.1, 0.15) is 28.4 Å². The van der Waals surface area contributed by atoms with E-state index in [1.165, 1.54) is 30.3 Å². The van der Waals surface area contributed by atoms with Gasteiger partial charge in [0.25, 0.3) is 15.9 Å². The first kappa shape index (κ1) is 24.3. The molecule has 0 aliphatic heterocycles. The van der Waals surface area contributed by atoms with E-state index in [0.29, 0.717) is 15.5 Å². The highest BCUT2D eigenvalue weighted by Gasteiger charge is 2.27. The summed E-state index contributed by atoms with van der Waals surface area (Å²) in [6.45, 7) is 0. The van der Waals surface area contributed by atoms with Crippen molar-refractivity contribution >= 4 is 33.5 Å². The average molecular weight is 482 g/mol. The molecule has 1 amide bonds. The van der Waals surface area contributed by atoms with E-state index in [9.17, 15) is 23.1 Å². The van der Waals surface area contributed by atoms with Gasteiger partial charge in [-0.15, -0.1) is 5.10 Å². The Labute approximate surface area is 196 Å². The summed E-state index contributed by atoms with van der Waals surface area (Å²) in [4.78, 5) is 24.1. The number of nitrogens with one attached hydrogen (secondary N) is 1. The number of hydrazone groups is 1. The second-order valence-corrected chi connectivity index (χ2v) is 8.94. The van der Waals surface area contributed by atoms with Crippen molar-refractivity contribution in [2.75, 3.05) is 4.41 Å². The van der Waals surface area contributed by atoms with Crippen LogP contribution in [-0.2, 0) is 14.8 Å². The molecule has 3 aromatic rings. The first-order valence-corrected chi connectivity index (χ1v) is 11.5. The smallest absolute Gasteiger partial charge is 0.305 e. The maximum atomic E-state index is 13.2. The zero-order valence-corrected chi connectivity index (χ0v) is 18.7. The van der Waals surface area contributed by atoms with Crippen LogP contribution < -0.4 is 21.2 Å². The molecule has 3 rings (SSSR count). The normalized spacial score (nSPS) is 11.8. The van der Waals surface area contributed by atoms with Crippen molar-refractivity contribution in [1.82, 2.24) is 5.32 Å². The van der Waals surface area contributed by atoms with Crippen molar-refractivity contribution < 1.29 is 23.1 Å². The van der Waals surface area contributed by atoms with Crippen molar-refractivity contribution in [3.05, 3.63) is 96.1 Å². The number of sulfonamides is 1. The van der Waals surface area contributed by atoms with Crippen LogP contribution in [0.2, 0.25) is 0 Å². The number of carboxylic acid groups (broad SMARTS) is 1. The van der Waals surface area contributed by atoms with Gasteiger partial charge >= 0.3 is 5.97 Å². The van der Waals surface area contributed by atoms with E-state index >= 15 is 0 Å². The summed E-state index contributed by atoms with van der Waals surface area (Å²) >= 11 is 0. The molecule has 0 saturated heterocycles. The maximum Gasteiger partial charge on any atom is 0.305 e. The Hall–Kier alpha value is -4.38. The molecule has 0 aliphatic carbocycles. The number of guanidine groups is 1. The quantitative estimate of drug-likeness (QED) is 0.206. The molecule has 3 aromatic carbocycles. The van der Waals surface area contributed by atoms with Crippen molar-refractivity contribution in [2.24, 2.45) is 16.6 Å². The molecule has 0 radical (unpaired) electrons. The Morgan fingerprint density at radius 3 is 2.15 bits per heavy atom. The SMILES string of the molecule is NC(N)=NN(c1cccc(C(CC(=O)O)NC(=O)c2ccccc2)c1)S(=O)(=O)c1ccccc1. The van der Waals surface area contributed by atoms with Crippen LogP contribution in [0.25, 0.3) is 0 Å². The number of nitrogens with two attached hydrogens (primary N) is 2. The van der Waals surface area contributed by atoms with Crippen molar-refractivity contribution in [1.29, 1.82) is 0 Å². The molecule has 0 heterocycles. The lowest BCUT2D eigenvalue weighted by atomic mass is 10.0. The predicted octanol–water partition coefficient (Wildman–Crippen LogP) is 2.02. The first-order chi connectivity index (χ1) is 16.2. The summed E-state index contributed by atoms with van der Waals surface area (Å²) in [5.74, 6) is -2.12. The zero-order valence-electron chi connectivity index (χ0n) is 17.9. The third-order valence-corrected chi connectivity index (χ3v) is 6.30. The largest absolute Gasteiger partial charge is 0.481 e. The lowest BCUT2D eigenvalue weighted by molar-refractivity contribution is -0.137. The third-order valence-electron chi connectivity index (χ3n) is 4.69. The number of carbonyl (C=O) groups excluding carboxylic acids is 1. The number of benzene rings is 3. The molecule has 34 heavy (non-hydrogen) atoms. The van der Waals surface area contributed by atoms with E-state index in [0.717, 1.165) is 0 Å². The van der Waals surface area contributed by atoms with Gasteiger partial charge in [0.1, 0.15) is 0 Å². The molecule has 1 atom stereocenters. The summed E-state index contributed by atoms with van der Waals surface area (Å²) in [6.07, 6.45) is -0.435. The van der Waals surface area contributed by atoms with Crippen LogP contribution in [-0.4, -0.2) is 31.4 Å². The number of aliphatic carboxylic acids is 1. The Morgan fingerprint density at radius 1 is 0.941 bits per heavy atom. The molecule has 0 fully saturated rings. The highest BCUT2D eigenvalue weighted by Crippen LogP contribution is 2.28. The van der Waals surface area contributed by atoms with Gasteiger partial charge in [-0.05, 0) is 42.0 Å². The van der Waals surface area contributed by atoms with Crippen LogP contribution in [0, 0.1) is 0 Å². The van der Waals surface area contributed by atoms with E-state index in [1.54, 1.807) is 54.6 Å². The maximum absolute atomic E-state index is 13.2. The van der Waals surface area contributed by atoms with Gasteiger partial charge in [-0.3, -0.25) is 9.59 Å². The van der Waals surface area contributed by atoms with E-state index in [2.05, 4.69) is 10.4 Å². The molecule has 6 N–H and O–H groups in total. The summed E-state index contributed by atoms with van der Waals surface area (Å²) in [5, 5.41) is 15.9. The van der Waals surface area contributed by atoms with E-state index in [-0.39, 0.29) is 10.6 Å². The van der Waals surface area contributed by atoms with Gasteiger partial charge in [0, 0.05) is 5.56 Å². The molecule has 0 spiro atoms. The monoisotopic (exact) mass is 481 g/mol. The molecule has 0 aliphatic rings. The summed E-state index contributed by atoms with van der Waals surface area (Å²) in [5.41, 5.74) is 11.7. The standard InChI is InChI=1S/C23H23N5O5S/c24-23(25)27-28(34(32,33)19-12-5-2-6-13-19)18-11-7-10-17(14-18)20(15-21(29)30)26-22(31)16-8-3-1-4-9-16/h1-14,20H,15H2,(H,26,31)(H,29,30)(H4,24,25,27). The average Bonchev–Trinajstić information content (AvgIpc) is 2.83. The highest BCUT2D eigenvalue weighted by molar-refractivity contribution is 7.92. The number of carboxylic acids is 1. The van der Waals surface area contributed by atoms with Crippen LogP contribution >= 0.6 is 0 Å². The molecule has 0 aromatic heterocycles. The number of nitrogens with zero attached hydrogens (tertiary/aromatic N) is 2. The fraction of sp³-hybridized carbons (Fsp3) is 0.0870. The van der Waals surface area contributed by atoms with E-state index < -0.39 is 40.3 Å². The summed E-state index contributed by atoms with van der Waals surface area (Å²) in [7, 11) is -4.20. The van der Waals surface area contributed by atoms with Crippen LogP contribution in [0.5, 0.6) is 0 Å². The van der Waals surface area contributed by atoms with Gasteiger partial charge in [0.15, 0.2) is 0 Å². The van der Waals surface area contributed by atoms with Crippen molar-refractivity contribution in [3.63, 3.8) is 0 Å². The first-order valence-electron chi connectivity index (χ1n) is 10.1. The van der Waals surface area contributed by atoms with Crippen LogP contribution in [0.3, 0.4) is 0 Å². The Balaban J connectivity index is 2.02. The molecule has 11 heteroatoms. The van der Waals surface area contributed by atoms with Crippen molar-refractivity contribution in [3.8, 4) is 0 Å². The number of amides is 1. The van der Waals surface area contributed by atoms with Crippen LogP contribution in [0.15, 0.2) is 94.9 Å². The van der Waals surface area contributed by atoms with E-state index in [4.69, 9.17) is 11.5 Å². The van der Waals surface area contributed by atoms with Gasteiger partial charge in [0.2, 0.25) is 5.96 Å². The molecule has 0 saturated carbocycles. The topological polar surface area (TPSA) is 168 Å². The fourth-order valence-corrected chi connectivity index (χ4v) is 4.46. The molecular weight excluding hydrogens is 458 g/mol. The molecular formula is C23H23N5O5S. The minimum Gasteiger partial charge on any atom is -0.481 e. The lowest BCUT2D eigenvalue weighted by Crippen LogP contribution is -2.33. The molecule has 1 unspecified atom stereocenters. The number of carbonyl (C=O) groups is 2. The minimum absolute atomic E-state index is 0.0510. The summed E-state index contributed by atoms with van der Waals surface area (Å²) < 4.78 is 27.1.